The number of aldehydes is 1. The molecule has 66 valence electrons. The summed E-state index contributed by atoms with van der Waals surface area (Å²) >= 11 is 1.89. The summed E-state index contributed by atoms with van der Waals surface area (Å²) in [5.41, 5.74) is 0. The summed E-state index contributed by atoms with van der Waals surface area (Å²) in [6, 6.07) is 0. The van der Waals surface area contributed by atoms with E-state index in [1.54, 1.807) is 0 Å². The molecule has 0 radical (unpaired) electrons. The summed E-state index contributed by atoms with van der Waals surface area (Å²) in [5, 5.41) is 0. The van der Waals surface area contributed by atoms with E-state index in [1.165, 1.54) is 25.0 Å². The molecule has 0 aliphatic rings. The van der Waals surface area contributed by atoms with Gasteiger partial charge in [-0.1, -0.05) is 26.7 Å². The van der Waals surface area contributed by atoms with Crippen LogP contribution in [0.15, 0.2) is 0 Å². The largest absolute Gasteiger partial charge is 0.303 e. The molecule has 0 aliphatic heterocycles. The Morgan fingerprint density at radius 3 is 2.73 bits per heavy atom. The van der Waals surface area contributed by atoms with Crippen molar-refractivity contribution in [3.05, 3.63) is 0 Å². The second-order valence-corrected chi connectivity index (χ2v) is 4.05. The Hall–Kier alpha value is 0.0200. The van der Waals surface area contributed by atoms with E-state index in [-0.39, 0.29) is 5.92 Å². The van der Waals surface area contributed by atoms with Gasteiger partial charge in [-0.2, -0.15) is 11.8 Å². The molecule has 0 heterocycles. The predicted molar refractivity (Wildman–Crippen MR) is 52.1 cm³/mol. The summed E-state index contributed by atoms with van der Waals surface area (Å²) in [7, 11) is 0. The maximum atomic E-state index is 10.2. The van der Waals surface area contributed by atoms with Gasteiger partial charge in [0.15, 0.2) is 0 Å². The molecule has 0 saturated carbocycles. The van der Waals surface area contributed by atoms with Crippen LogP contribution in [0, 0.1) is 5.92 Å². The molecule has 0 spiro atoms. The minimum Gasteiger partial charge on any atom is -0.303 e. The number of carbonyl (C=O) groups is 1. The van der Waals surface area contributed by atoms with Crippen LogP contribution >= 0.6 is 11.8 Å². The molecule has 0 aromatic heterocycles. The highest BCUT2D eigenvalue weighted by Crippen LogP contribution is 2.09. The topological polar surface area (TPSA) is 17.1 Å². The average molecular weight is 174 g/mol. The van der Waals surface area contributed by atoms with Gasteiger partial charge in [0.25, 0.3) is 0 Å². The molecule has 11 heavy (non-hydrogen) atoms. The van der Waals surface area contributed by atoms with Gasteiger partial charge in [0.1, 0.15) is 6.29 Å². The van der Waals surface area contributed by atoms with Crippen LogP contribution < -0.4 is 0 Å². The normalized spacial score (nSPS) is 12.9. The number of hydrogen-bond acceptors (Lipinski definition) is 2. The first-order valence-electron chi connectivity index (χ1n) is 4.34. The van der Waals surface area contributed by atoms with Crippen LogP contribution in [0.4, 0.5) is 0 Å². The zero-order valence-electron chi connectivity index (χ0n) is 7.51. The second kappa shape index (κ2) is 8.12. The number of hydrogen-bond donors (Lipinski definition) is 0. The Kier molecular flexibility index (Phi) is 8.13. The van der Waals surface area contributed by atoms with Crippen molar-refractivity contribution in [1.29, 1.82) is 0 Å². The Bertz CT molecular complexity index is 93.6. The third-order valence-electron chi connectivity index (χ3n) is 1.51. The lowest BCUT2D eigenvalue weighted by Crippen LogP contribution is -1.99. The van der Waals surface area contributed by atoms with E-state index in [1.807, 2.05) is 18.7 Å². The lowest BCUT2D eigenvalue weighted by molar-refractivity contribution is -0.110. The van der Waals surface area contributed by atoms with Gasteiger partial charge in [-0.3, -0.25) is 0 Å². The number of thioether (sulfide) groups is 1. The van der Waals surface area contributed by atoms with Crippen molar-refractivity contribution in [2.75, 3.05) is 11.5 Å². The quantitative estimate of drug-likeness (QED) is 0.436. The molecule has 1 atom stereocenters. The third-order valence-corrected chi connectivity index (χ3v) is 2.84. The Morgan fingerprint density at radius 1 is 1.45 bits per heavy atom. The lowest BCUT2D eigenvalue weighted by Gasteiger charge is -2.01. The monoisotopic (exact) mass is 174 g/mol. The van der Waals surface area contributed by atoms with Crippen molar-refractivity contribution < 1.29 is 4.79 Å². The van der Waals surface area contributed by atoms with E-state index in [0.717, 1.165) is 12.0 Å². The van der Waals surface area contributed by atoms with Crippen molar-refractivity contribution in [2.45, 2.75) is 33.1 Å². The van der Waals surface area contributed by atoms with Crippen molar-refractivity contribution in [3.63, 3.8) is 0 Å². The van der Waals surface area contributed by atoms with Crippen LogP contribution in [0.5, 0.6) is 0 Å². The van der Waals surface area contributed by atoms with Gasteiger partial charge in [0.2, 0.25) is 0 Å². The van der Waals surface area contributed by atoms with Gasteiger partial charge in [-0.15, -0.1) is 0 Å². The standard InChI is InChI=1S/C9H18OS/c1-3-4-5-6-11-8-9(2)7-10/h7,9H,3-6,8H2,1-2H3. The van der Waals surface area contributed by atoms with E-state index >= 15 is 0 Å². The van der Waals surface area contributed by atoms with Crippen molar-refractivity contribution in [2.24, 2.45) is 5.92 Å². The van der Waals surface area contributed by atoms with E-state index in [9.17, 15) is 4.79 Å². The van der Waals surface area contributed by atoms with Gasteiger partial charge in [-0.25, -0.2) is 0 Å². The van der Waals surface area contributed by atoms with E-state index in [4.69, 9.17) is 0 Å². The minimum atomic E-state index is 0.238. The summed E-state index contributed by atoms with van der Waals surface area (Å²) in [6.45, 7) is 4.18. The molecule has 0 fully saturated rings. The van der Waals surface area contributed by atoms with Gasteiger partial charge >= 0.3 is 0 Å². The molecule has 0 bridgehead atoms. The van der Waals surface area contributed by atoms with Crippen LogP contribution in [0.2, 0.25) is 0 Å². The Labute approximate surface area is 73.9 Å². The van der Waals surface area contributed by atoms with Crippen LogP contribution in [0.25, 0.3) is 0 Å². The first-order chi connectivity index (χ1) is 5.31. The molecule has 0 aromatic carbocycles. The highest BCUT2D eigenvalue weighted by atomic mass is 32.2. The SMILES string of the molecule is CCCCCSCC(C)C=O. The summed E-state index contributed by atoms with van der Waals surface area (Å²) in [4.78, 5) is 10.2. The first kappa shape index (κ1) is 11.0. The highest BCUT2D eigenvalue weighted by molar-refractivity contribution is 7.99. The van der Waals surface area contributed by atoms with Gasteiger partial charge in [0, 0.05) is 11.7 Å². The van der Waals surface area contributed by atoms with Crippen molar-refractivity contribution in [1.82, 2.24) is 0 Å². The number of carbonyl (C=O) groups excluding carboxylic acids is 1. The smallest absolute Gasteiger partial charge is 0.123 e. The molecular formula is C9H18OS. The van der Waals surface area contributed by atoms with Crippen molar-refractivity contribution >= 4 is 18.0 Å². The zero-order chi connectivity index (χ0) is 8.53. The summed E-state index contributed by atoms with van der Waals surface area (Å²) < 4.78 is 0. The second-order valence-electron chi connectivity index (χ2n) is 2.90. The summed E-state index contributed by atoms with van der Waals surface area (Å²) in [6.07, 6.45) is 4.94. The zero-order valence-corrected chi connectivity index (χ0v) is 8.32. The van der Waals surface area contributed by atoms with E-state index < -0.39 is 0 Å². The van der Waals surface area contributed by atoms with Gasteiger partial charge < -0.3 is 4.79 Å². The molecule has 1 nitrogen and oxygen atoms in total. The highest BCUT2D eigenvalue weighted by Gasteiger charge is 1.97. The molecule has 0 saturated heterocycles. The fourth-order valence-electron chi connectivity index (χ4n) is 0.763. The van der Waals surface area contributed by atoms with Crippen LogP contribution in [0.1, 0.15) is 33.1 Å². The van der Waals surface area contributed by atoms with Gasteiger partial charge in [0.05, 0.1) is 0 Å². The summed E-state index contributed by atoms with van der Waals surface area (Å²) in [5.74, 6) is 2.45. The van der Waals surface area contributed by atoms with Crippen LogP contribution in [-0.2, 0) is 4.79 Å². The fourth-order valence-corrected chi connectivity index (χ4v) is 1.79. The van der Waals surface area contributed by atoms with Crippen LogP contribution in [-0.4, -0.2) is 17.8 Å². The lowest BCUT2D eigenvalue weighted by atomic mass is 10.3. The maximum absolute atomic E-state index is 10.2. The molecule has 0 N–H and O–H groups in total. The Balaban J connectivity index is 2.95. The molecule has 0 rings (SSSR count). The molecule has 2 heteroatoms. The number of rotatable bonds is 7. The average Bonchev–Trinajstić information content (AvgIpc) is 2.04. The number of unbranched alkanes of at least 4 members (excludes halogenated alkanes) is 2. The van der Waals surface area contributed by atoms with Gasteiger partial charge in [-0.05, 0) is 12.2 Å². The molecular weight excluding hydrogens is 156 g/mol. The van der Waals surface area contributed by atoms with E-state index in [2.05, 4.69) is 6.92 Å². The molecule has 1 unspecified atom stereocenters. The third kappa shape index (κ3) is 7.92. The minimum absolute atomic E-state index is 0.238. The van der Waals surface area contributed by atoms with Crippen molar-refractivity contribution in [3.8, 4) is 0 Å². The predicted octanol–water partition coefficient (Wildman–Crippen LogP) is 2.74. The molecule has 0 aromatic rings. The molecule has 0 aliphatic carbocycles. The maximum Gasteiger partial charge on any atom is 0.123 e. The fraction of sp³-hybridized carbons (Fsp3) is 0.889. The Morgan fingerprint density at radius 2 is 2.18 bits per heavy atom. The molecule has 0 amide bonds. The first-order valence-corrected chi connectivity index (χ1v) is 5.49. The van der Waals surface area contributed by atoms with E-state index in [0.29, 0.717) is 0 Å². The van der Waals surface area contributed by atoms with Crippen LogP contribution in [0.3, 0.4) is 0 Å².